The third kappa shape index (κ3) is 3.83. The van der Waals surface area contributed by atoms with Gasteiger partial charge in [0, 0.05) is 0 Å². The number of hydrogen-bond acceptors (Lipinski definition) is 4. The van der Waals surface area contributed by atoms with Gasteiger partial charge in [-0.2, -0.15) is 5.10 Å². The minimum absolute atomic E-state index is 0.0431. The van der Waals surface area contributed by atoms with Crippen LogP contribution in [0.1, 0.15) is 27.6 Å². The highest BCUT2D eigenvalue weighted by atomic mass is 35.5. The molecule has 6 nitrogen and oxygen atoms in total. The van der Waals surface area contributed by atoms with Crippen LogP contribution in [0, 0.1) is 5.82 Å². The van der Waals surface area contributed by atoms with E-state index in [2.05, 4.69) is 10.4 Å². The van der Waals surface area contributed by atoms with Crippen molar-refractivity contribution in [1.29, 1.82) is 0 Å². The van der Waals surface area contributed by atoms with E-state index in [0.29, 0.717) is 5.69 Å². The number of esters is 1. The predicted octanol–water partition coefficient (Wildman–Crippen LogP) is 4.09. The van der Waals surface area contributed by atoms with Crippen molar-refractivity contribution in [3.05, 3.63) is 76.7 Å². The van der Waals surface area contributed by atoms with E-state index in [1.807, 2.05) is 6.07 Å². The van der Waals surface area contributed by atoms with Crippen molar-refractivity contribution in [2.75, 3.05) is 11.9 Å². The molecular formula is C19H15ClFN3O3. The van der Waals surface area contributed by atoms with Gasteiger partial charge in [-0.3, -0.25) is 4.79 Å². The van der Waals surface area contributed by atoms with Crippen molar-refractivity contribution in [2.45, 2.75) is 6.92 Å². The number of para-hydroxylation sites is 1. The molecule has 0 bridgehead atoms. The lowest BCUT2D eigenvalue weighted by molar-refractivity contribution is 0.0527. The Morgan fingerprint density at radius 1 is 1.19 bits per heavy atom. The molecule has 0 saturated carbocycles. The number of rotatable bonds is 5. The van der Waals surface area contributed by atoms with Crippen molar-refractivity contribution in [3.63, 3.8) is 0 Å². The fraction of sp³-hybridized carbons (Fsp3) is 0.105. The van der Waals surface area contributed by atoms with Crippen molar-refractivity contribution in [1.82, 2.24) is 9.78 Å². The smallest absolute Gasteiger partial charge is 0.343 e. The van der Waals surface area contributed by atoms with Crippen LogP contribution < -0.4 is 5.32 Å². The standard InChI is InChI=1S/C19H15ClFN3O3/c1-2-27-19(26)13-11-22-24(12-7-4-3-5-8-12)17(13)23-18(25)16-14(20)9-6-10-15(16)21/h3-11H,2H2,1H3,(H,23,25). The molecule has 8 heteroatoms. The molecule has 27 heavy (non-hydrogen) atoms. The van der Waals surface area contributed by atoms with E-state index in [0.717, 1.165) is 6.07 Å². The van der Waals surface area contributed by atoms with E-state index in [1.54, 1.807) is 31.2 Å². The third-order valence-corrected chi connectivity index (χ3v) is 4.00. The molecule has 1 aromatic heterocycles. The van der Waals surface area contributed by atoms with Crippen LogP contribution in [-0.4, -0.2) is 28.3 Å². The Labute approximate surface area is 159 Å². The van der Waals surface area contributed by atoms with Crippen LogP contribution in [0.15, 0.2) is 54.7 Å². The molecule has 0 radical (unpaired) electrons. The second-order valence-electron chi connectivity index (χ2n) is 5.43. The number of hydrogen-bond donors (Lipinski definition) is 1. The van der Waals surface area contributed by atoms with Crippen molar-refractivity contribution in [2.24, 2.45) is 0 Å². The molecular weight excluding hydrogens is 373 g/mol. The fourth-order valence-electron chi connectivity index (χ4n) is 2.48. The van der Waals surface area contributed by atoms with Gasteiger partial charge in [-0.15, -0.1) is 0 Å². The number of nitrogens with one attached hydrogen (secondary N) is 1. The summed E-state index contributed by atoms with van der Waals surface area (Å²) in [5, 5.41) is 6.64. The summed E-state index contributed by atoms with van der Waals surface area (Å²) in [6, 6.07) is 12.8. The molecule has 0 fully saturated rings. The normalized spacial score (nSPS) is 10.5. The molecule has 1 N–H and O–H groups in total. The van der Waals surface area contributed by atoms with Crippen LogP contribution in [0.3, 0.4) is 0 Å². The summed E-state index contributed by atoms with van der Waals surface area (Å²) in [5.41, 5.74) is 0.319. The number of amides is 1. The number of nitrogens with zero attached hydrogens (tertiary/aromatic N) is 2. The summed E-state index contributed by atoms with van der Waals surface area (Å²) in [5.74, 6) is -2.18. The molecule has 0 aliphatic rings. The van der Waals surface area contributed by atoms with Gasteiger partial charge in [0.15, 0.2) is 5.82 Å². The summed E-state index contributed by atoms with van der Waals surface area (Å²) in [6.07, 6.45) is 1.28. The molecule has 1 heterocycles. The Morgan fingerprint density at radius 3 is 2.59 bits per heavy atom. The molecule has 3 rings (SSSR count). The maximum absolute atomic E-state index is 14.1. The van der Waals surface area contributed by atoms with E-state index in [1.165, 1.54) is 23.0 Å². The second-order valence-corrected chi connectivity index (χ2v) is 5.83. The van der Waals surface area contributed by atoms with E-state index in [-0.39, 0.29) is 28.6 Å². The Bertz CT molecular complexity index is 969. The van der Waals surface area contributed by atoms with Gasteiger partial charge in [-0.05, 0) is 31.2 Å². The molecule has 0 unspecified atom stereocenters. The highest BCUT2D eigenvalue weighted by Gasteiger charge is 2.24. The first-order chi connectivity index (χ1) is 13.0. The number of aromatic nitrogens is 2. The first-order valence-electron chi connectivity index (χ1n) is 8.08. The lowest BCUT2D eigenvalue weighted by Crippen LogP contribution is -2.19. The Balaban J connectivity index is 2.05. The predicted molar refractivity (Wildman–Crippen MR) is 98.9 cm³/mol. The number of ether oxygens (including phenoxy) is 1. The number of anilines is 1. The quantitative estimate of drug-likeness (QED) is 0.669. The lowest BCUT2D eigenvalue weighted by Gasteiger charge is -2.12. The molecule has 0 atom stereocenters. The van der Waals surface area contributed by atoms with E-state index >= 15 is 0 Å². The van der Waals surface area contributed by atoms with E-state index in [9.17, 15) is 14.0 Å². The molecule has 3 aromatic rings. The van der Waals surface area contributed by atoms with Crippen LogP contribution in [0.5, 0.6) is 0 Å². The fourth-order valence-corrected chi connectivity index (χ4v) is 2.73. The van der Waals surface area contributed by atoms with Crippen molar-refractivity contribution >= 4 is 29.3 Å². The van der Waals surface area contributed by atoms with Crippen molar-refractivity contribution in [3.8, 4) is 5.69 Å². The monoisotopic (exact) mass is 387 g/mol. The summed E-state index contributed by atoms with van der Waals surface area (Å²) in [7, 11) is 0. The number of carbonyl (C=O) groups excluding carboxylic acids is 2. The van der Waals surface area contributed by atoms with Gasteiger partial charge in [0.2, 0.25) is 0 Å². The molecule has 1 amide bonds. The summed E-state index contributed by atoms with van der Waals surface area (Å²) < 4.78 is 20.4. The zero-order chi connectivity index (χ0) is 19.4. The van der Waals surface area contributed by atoms with Gasteiger partial charge >= 0.3 is 5.97 Å². The molecule has 2 aromatic carbocycles. The molecule has 138 valence electrons. The summed E-state index contributed by atoms with van der Waals surface area (Å²) in [4.78, 5) is 24.9. The highest BCUT2D eigenvalue weighted by Crippen LogP contribution is 2.25. The summed E-state index contributed by atoms with van der Waals surface area (Å²) in [6.45, 7) is 1.82. The average molecular weight is 388 g/mol. The van der Waals surface area contributed by atoms with Gasteiger partial charge in [0.25, 0.3) is 5.91 Å². The SMILES string of the molecule is CCOC(=O)c1cnn(-c2ccccc2)c1NC(=O)c1c(F)cccc1Cl. The van der Waals surface area contributed by atoms with Crippen LogP contribution in [0.25, 0.3) is 5.69 Å². The molecule has 0 saturated heterocycles. The zero-order valence-corrected chi connectivity index (χ0v) is 15.0. The minimum Gasteiger partial charge on any atom is -0.462 e. The molecule has 0 spiro atoms. The third-order valence-electron chi connectivity index (χ3n) is 3.69. The minimum atomic E-state index is -0.804. The Kier molecular flexibility index (Phi) is 5.52. The number of carbonyl (C=O) groups is 2. The van der Waals surface area contributed by atoms with Crippen LogP contribution in [0.4, 0.5) is 10.2 Å². The van der Waals surface area contributed by atoms with Gasteiger partial charge in [-0.25, -0.2) is 13.9 Å². The van der Waals surface area contributed by atoms with Gasteiger partial charge < -0.3 is 10.1 Å². The van der Waals surface area contributed by atoms with Crippen LogP contribution in [0.2, 0.25) is 5.02 Å². The van der Waals surface area contributed by atoms with E-state index < -0.39 is 17.7 Å². The maximum atomic E-state index is 14.1. The number of benzene rings is 2. The lowest BCUT2D eigenvalue weighted by atomic mass is 10.2. The average Bonchev–Trinajstić information content (AvgIpc) is 3.06. The van der Waals surface area contributed by atoms with E-state index in [4.69, 9.17) is 16.3 Å². The summed E-state index contributed by atoms with van der Waals surface area (Å²) >= 11 is 5.96. The maximum Gasteiger partial charge on any atom is 0.343 e. The topological polar surface area (TPSA) is 73.2 Å². The van der Waals surface area contributed by atoms with Crippen LogP contribution >= 0.6 is 11.6 Å². The second kappa shape index (κ2) is 8.01. The Hall–Kier alpha value is -3.19. The zero-order valence-electron chi connectivity index (χ0n) is 14.3. The largest absolute Gasteiger partial charge is 0.462 e. The van der Waals surface area contributed by atoms with Gasteiger partial charge in [0.05, 0.1) is 29.1 Å². The first-order valence-corrected chi connectivity index (χ1v) is 8.46. The van der Waals surface area contributed by atoms with Crippen LogP contribution in [-0.2, 0) is 4.74 Å². The van der Waals surface area contributed by atoms with Gasteiger partial charge in [-0.1, -0.05) is 35.9 Å². The molecule has 0 aliphatic heterocycles. The van der Waals surface area contributed by atoms with Gasteiger partial charge in [0.1, 0.15) is 11.4 Å². The van der Waals surface area contributed by atoms with Crippen molar-refractivity contribution < 1.29 is 18.7 Å². The highest BCUT2D eigenvalue weighted by molar-refractivity contribution is 6.34. The molecule has 0 aliphatic carbocycles. The number of halogens is 2. The first kappa shape index (κ1) is 18.6. The Morgan fingerprint density at radius 2 is 1.93 bits per heavy atom.